The van der Waals surface area contributed by atoms with Crippen molar-refractivity contribution in [3.63, 3.8) is 0 Å². The fourth-order valence-electron chi connectivity index (χ4n) is 4.11. The van der Waals surface area contributed by atoms with E-state index in [-0.39, 0.29) is 28.9 Å². The summed E-state index contributed by atoms with van der Waals surface area (Å²) in [4.78, 5) is 16.5. The molecule has 0 radical (unpaired) electrons. The van der Waals surface area contributed by atoms with Crippen LogP contribution in [-0.2, 0) is 14.8 Å². The van der Waals surface area contributed by atoms with E-state index in [9.17, 15) is 17.6 Å². The smallest absolute Gasteiger partial charge is 0.244 e. The highest BCUT2D eigenvalue weighted by molar-refractivity contribution is 7.89. The van der Waals surface area contributed by atoms with Crippen LogP contribution in [0, 0.1) is 17.7 Å². The molecular weight excluding hydrogens is 405 g/mol. The molecule has 1 amide bonds. The largest absolute Gasteiger partial charge is 0.341 e. The molecule has 0 unspecified atom stereocenters. The molecule has 1 aromatic carbocycles. The highest BCUT2D eigenvalue weighted by atomic mass is 35.5. The number of hydrogen-bond donors (Lipinski definition) is 0. The Hall–Kier alpha value is -1.22. The molecule has 0 bridgehead atoms. The van der Waals surface area contributed by atoms with Crippen LogP contribution >= 0.6 is 11.6 Å². The van der Waals surface area contributed by atoms with Crippen LogP contribution in [-0.4, -0.2) is 74.2 Å². The SMILES string of the molecule is C[C@@H]1C[C@@H](C)CN(C(=O)CN2CCN(S(=O)(=O)c3ccc(F)cc3Cl)CC2)C1. The number of likely N-dealkylation sites (tertiary alicyclic amines) is 1. The van der Waals surface area contributed by atoms with Crippen molar-refractivity contribution in [2.75, 3.05) is 45.8 Å². The molecule has 9 heteroatoms. The first-order valence-corrected chi connectivity index (χ1v) is 11.4. The Balaban J connectivity index is 1.57. The Labute approximate surface area is 171 Å². The molecule has 28 heavy (non-hydrogen) atoms. The monoisotopic (exact) mass is 431 g/mol. The van der Waals surface area contributed by atoms with Crippen molar-refractivity contribution < 1.29 is 17.6 Å². The number of benzene rings is 1. The fourth-order valence-corrected chi connectivity index (χ4v) is 6.04. The zero-order chi connectivity index (χ0) is 20.5. The first-order chi connectivity index (χ1) is 13.2. The number of carbonyl (C=O) groups is 1. The van der Waals surface area contributed by atoms with Crippen molar-refractivity contribution in [2.24, 2.45) is 11.8 Å². The van der Waals surface area contributed by atoms with E-state index in [0.717, 1.165) is 31.6 Å². The van der Waals surface area contributed by atoms with E-state index in [2.05, 4.69) is 13.8 Å². The topological polar surface area (TPSA) is 60.9 Å². The minimum atomic E-state index is -3.78. The van der Waals surface area contributed by atoms with Crippen LogP contribution in [0.3, 0.4) is 0 Å². The summed E-state index contributed by atoms with van der Waals surface area (Å²) in [6.45, 7) is 7.73. The maximum Gasteiger partial charge on any atom is 0.244 e. The average molecular weight is 432 g/mol. The fraction of sp³-hybridized carbons (Fsp3) is 0.632. The first-order valence-electron chi connectivity index (χ1n) is 9.62. The average Bonchev–Trinajstić information content (AvgIpc) is 2.61. The van der Waals surface area contributed by atoms with Gasteiger partial charge in [0, 0.05) is 39.3 Å². The summed E-state index contributed by atoms with van der Waals surface area (Å²) in [6, 6.07) is 3.29. The van der Waals surface area contributed by atoms with Crippen LogP contribution in [0.4, 0.5) is 4.39 Å². The third-order valence-electron chi connectivity index (χ3n) is 5.42. The summed E-state index contributed by atoms with van der Waals surface area (Å²) in [7, 11) is -3.78. The van der Waals surface area contributed by atoms with E-state index < -0.39 is 15.8 Å². The van der Waals surface area contributed by atoms with Gasteiger partial charge >= 0.3 is 0 Å². The second kappa shape index (κ2) is 8.65. The number of hydrogen-bond acceptors (Lipinski definition) is 4. The van der Waals surface area contributed by atoms with Crippen molar-refractivity contribution in [3.05, 3.63) is 29.0 Å². The number of piperidine rings is 1. The van der Waals surface area contributed by atoms with E-state index in [0.29, 0.717) is 31.5 Å². The molecule has 0 saturated carbocycles. The summed E-state index contributed by atoms with van der Waals surface area (Å²) in [5, 5.41) is -0.119. The molecular formula is C19H27ClFN3O3S. The van der Waals surface area contributed by atoms with Crippen LogP contribution in [0.5, 0.6) is 0 Å². The van der Waals surface area contributed by atoms with Crippen molar-refractivity contribution in [1.29, 1.82) is 0 Å². The van der Waals surface area contributed by atoms with Gasteiger partial charge in [-0.25, -0.2) is 12.8 Å². The third kappa shape index (κ3) is 4.84. The molecule has 2 saturated heterocycles. The zero-order valence-corrected chi connectivity index (χ0v) is 17.8. The van der Waals surface area contributed by atoms with Crippen molar-refractivity contribution in [2.45, 2.75) is 25.2 Å². The van der Waals surface area contributed by atoms with Crippen LogP contribution in [0.25, 0.3) is 0 Å². The summed E-state index contributed by atoms with van der Waals surface area (Å²) >= 11 is 5.93. The lowest BCUT2D eigenvalue weighted by Crippen LogP contribution is -2.52. The molecule has 0 N–H and O–H groups in total. The lowest BCUT2D eigenvalue weighted by Gasteiger charge is -2.38. The number of piperazine rings is 1. The van der Waals surface area contributed by atoms with Gasteiger partial charge in [0.1, 0.15) is 10.7 Å². The van der Waals surface area contributed by atoms with E-state index in [1.807, 2.05) is 9.80 Å². The zero-order valence-electron chi connectivity index (χ0n) is 16.3. The number of halogens is 2. The van der Waals surface area contributed by atoms with Gasteiger partial charge in [0.15, 0.2) is 0 Å². The number of carbonyl (C=O) groups excluding carboxylic acids is 1. The van der Waals surface area contributed by atoms with Gasteiger partial charge in [-0.2, -0.15) is 4.31 Å². The number of amides is 1. The van der Waals surface area contributed by atoms with Crippen LogP contribution in [0.1, 0.15) is 20.3 Å². The van der Waals surface area contributed by atoms with Crippen LogP contribution in [0.15, 0.2) is 23.1 Å². The van der Waals surface area contributed by atoms with E-state index in [1.165, 1.54) is 10.4 Å². The third-order valence-corrected chi connectivity index (χ3v) is 7.80. The van der Waals surface area contributed by atoms with Crippen molar-refractivity contribution in [1.82, 2.24) is 14.1 Å². The minimum Gasteiger partial charge on any atom is -0.341 e. The molecule has 2 heterocycles. The summed E-state index contributed by atoms with van der Waals surface area (Å²) < 4.78 is 40.1. The van der Waals surface area contributed by atoms with Gasteiger partial charge < -0.3 is 4.90 Å². The van der Waals surface area contributed by atoms with Crippen molar-refractivity contribution >= 4 is 27.5 Å². The highest BCUT2D eigenvalue weighted by Crippen LogP contribution is 2.26. The maximum absolute atomic E-state index is 13.2. The molecule has 0 aliphatic carbocycles. The Kier molecular flexibility index (Phi) is 6.64. The Morgan fingerprint density at radius 2 is 1.75 bits per heavy atom. The summed E-state index contributed by atoms with van der Waals surface area (Å²) in [5.41, 5.74) is 0. The van der Waals surface area contributed by atoms with E-state index in [4.69, 9.17) is 11.6 Å². The predicted octanol–water partition coefficient (Wildman–Crippen LogP) is 2.29. The lowest BCUT2D eigenvalue weighted by atomic mass is 9.92. The molecule has 3 rings (SSSR count). The Morgan fingerprint density at radius 3 is 2.32 bits per heavy atom. The van der Waals surface area contributed by atoms with Gasteiger partial charge in [0.05, 0.1) is 11.6 Å². The minimum absolute atomic E-state index is 0.0867. The number of sulfonamides is 1. The van der Waals surface area contributed by atoms with Crippen molar-refractivity contribution in [3.8, 4) is 0 Å². The van der Waals surface area contributed by atoms with Crippen LogP contribution in [0.2, 0.25) is 5.02 Å². The predicted molar refractivity (Wildman–Crippen MR) is 106 cm³/mol. The molecule has 1 aromatic rings. The van der Waals surface area contributed by atoms with E-state index in [1.54, 1.807) is 0 Å². The number of rotatable bonds is 4. The van der Waals surface area contributed by atoms with Gasteiger partial charge in [-0.15, -0.1) is 0 Å². The summed E-state index contributed by atoms with van der Waals surface area (Å²) in [5.74, 6) is 0.551. The molecule has 2 aliphatic rings. The molecule has 0 spiro atoms. The van der Waals surface area contributed by atoms with Gasteiger partial charge in [-0.05, 0) is 36.5 Å². The molecule has 2 aliphatic heterocycles. The quantitative estimate of drug-likeness (QED) is 0.733. The second-order valence-corrected chi connectivity index (χ2v) is 10.3. The molecule has 156 valence electrons. The van der Waals surface area contributed by atoms with Gasteiger partial charge in [0.25, 0.3) is 0 Å². The highest BCUT2D eigenvalue weighted by Gasteiger charge is 2.32. The molecule has 2 atom stereocenters. The van der Waals surface area contributed by atoms with Crippen LogP contribution < -0.4 is 0 Å². The maximum atomic E-state index is 13.2. The molecule has 0 aromatic heterocycles. The Morgan fingerprint density at radius 1 is 1.14 bits per heavy atom. The number of nitrogens with zero attached hydrogens (tertiary/aromatic N) is 3. The van der Waals surface area contributed by atoms with Gasteiger partial charge in [-0.1, -0.05) is 25.4 Å². The molecule has 2 fully saturated rings. The Bertz CT molecular complexity index is 818. The van der Waals surface area contributed by atoms with Gasteiger partial charge in [0.2, 0.25) is 15.9 Å². The normalized spacial score (nSPS) is 25.1. The van der Waals surface area contributed by atoms with E-state index >= 15 is 0 Å². The standard InChI is InChI=1S/C19H27ClFN3O3S/c1-14-9-15(2)12-23(11-14)19(25)13-22-5-7-24(8-6-22)28(26,27)18-4-3-16(21)10-17(18)20/h3-4,10,14-15H,5-9,11-13H2,1-2H3/t14-,15-/m1/s1. The molecule has 6 nitrogen and oxygen atoms in total. The van der Waals surface area contributed by atoms with Gasteiger partial charge in [-0.3, -0.25) is 9.69 Å². The second-order valence-electron chi connectivity index (χ2n) is 8.00. The first kappa shape index (κ1) is 21.5. The lowest BCUT2D eigenvalue weighted by molar-refractivity contribution is -0.135. The summed E-state index contributed by atoms with van der Waals surface area (Å²) in [6.07, 6.45) is 1.15.